The molecule has 8 heteroatoms. The van der Waals surface area contributed by atoms with Crippen LogP contribution in [-0.2, 0) is 10.3 Å². The molecule has 1 fully saturated rings. The van der Waals surface area contributed by atoms with Crippen molar-refractivity contribution in [2.75, 3.05) is 5.32 Å². The van der Waals surface area contributed by atoms with E-state index in [1.54, 1.807) is 0 Å². The molecule has 2 aliphatic rings. The first kappa shape index (κ1) is 17.7. The second kappa shape index (κ2) is 6.12. The zero-order chi connectivity index (χ0) is 15.3. The predicted octanol–water partition coefficient (Wildman–Crippen LogP) is 3.16. The Labute approximate surface area is 159 Å². The van der Waals surface area contributed by atoms with Gasteiger partial charge in [0.1, 0.15) is 0 Å². The number of hydrogen-bond acceptors (Lipinski definition) is 2. The van der Waals surface area contributed by atoms with Crippen molar-refractivity contribution in [3.63, 3.8) is 0 Å². The average molecular weight is 358 g/mol. The van der Waals surface area contributed by atoms with E-state index in [0.29, 0.717) is 0 Å². The van der Waals surface area contributed by atoms with E-state index in [2.05, 4.69) is 21.9 Å². The number of anilines is 1. The number of amides is 1. The molecule has 0 saturated heterocycles. The normalized spacial score (nSPS) is 23.2. The zero-order valence-corrected chi connectivity index (χ0v) is 11.3. The van der Waals surface area contributed by atoms with Crippen LogP contribution in [0.25, 0.3) is 0 Å². The van der Waals surface area contributed by atoms with Crippen molar-refractivity contribution in [2.24, 2.45) is 5.92 Å². The molecule has 1 saturated carbocycles. The van der Waals surface area contributed by atoms with Crippen LogP contribution in [0.2, 0.25) is 5.02 Å². The topological polar surface area (TPSA) is 38.3 Å². The number of ether oxygens (including phenoxy) is 1. The van der Waals surface area contributed by atoms with Crippen molar-refractivity contribution < 1.29 is 22.7 Å². The Morgan fingerprint density at radius 3 is 2.64 bits per heavy atom. The van der Waals surface area contributed by atoms with Crippen LogP contribution in [0.15, 0.2) is 18.2 Å². The van der Waals surface area contributed by atoms with Crippen LogP contribution < -0.4 is 5.32 Å². The Hall–Kier alpha value is -0.610. The summed E-state index contributed by atoms with van der Waals surface area (Å²) in [7, 11) is 0. The molecule has 0 unspecified atom stereocenters. The second-order valence-corrected chi connectivity index (χ2v) is 5.36. The monoisotopic (exact) mass is 357 g/mol. The van der Waals surface area contributed by atoms with Gasteiger partial charge in [0.2, 0.25) is 0 Å². The molecule has 1 aromatic rings. The molecule has 22 heavy (non-hydrogen) atoms. The minimum atomic E-state index is -4.87. The predicted molar refractivity (Wildman–Crippen MR) is 78.3 cm³/mol. The number of alkyl halides is 3. The van der Waals surface area contributed by atoms with Gasteiger partial charge in [-0.05, 0) is 37.0 Å². The molecule has 1 aromatic carbocycles. The average Bonchev–Trinajstić information content (AvgIpc) is 3.19. The summed E-state index contributed by atoms with van der Waals surface area (Å²) in [6, 6.07) is 3.81. The van der Waals surface area contributed by atoms with Gasteiger partial charge in [-0.25, -0.2) is 4.79 Å². The molecular weight excluding hydrogens is 347 g/mol. The van der Waals surface area contributed by atoms with Gasteiger partial charge in [0, 0.05) is 16.5 Å². The minimum absolute atomic E-state index is 0. The molecule has 1 N–H and O–H groups in total. The third-order valence-corrected chi connectivity index (χ3v) is 3.51. The molecule has 3 nitrogen and oxygen atoms in total. The third kappa shape index (κ3) is 3.18. The van der Waals surface area contributed by atoms with E-state index >= 15 is 0 Å². The van der Waals surface area contributed by atoms with Crippen LogP contribution in [0, 0.1) is 17.8 Å². The van der Waals surface area contributed by atoms with Gasteiger partial charge in [-0.1, -0.05) is 17.5 Å². The number of benzene rings is 1. The van der Waals surface area contributed by atoms with E-state index in [1.165, 1.54) is 12.1 Å². The van der Waals surface area contributed by atoms with Gasteiger partial charge in [0.25, 0.3) is 5.60 Å². The number of fused-ring (bicyclic) bond motifs is 1. The fourth-order valence-corrected chi connectivity index (χ4v) is 2.22. The van der Waals surface area contributed by atoms with Crippen LogP contribution in [0.4, 0.5) is 23.7 Å². The summed E-state index contributed by atoms with van der Waals surface area (Å²) in [4.78, 5) is 11.5. The summed E-state index contributed by atoms with van der Waals surface area (Å²) in [6.45, 7) is 0. The van der Waals surface area contributed by atoms with Crippen molar-refractivity contribution in [2.45, 2.75) is 24.6 Å². The van der Waals surface area contributed by atoms with Gasteiger partial charge in [-0.2, -0.15) is 13.2 Å². The Bertz CT molecular complexity index is 679. The van der Waals surface area contributed by atoms with Gasteiger partial charge in [0.05, 0.1) is 5.69 Å². The first-order valence-corrected chi connectivity index (χ1v) is 6.59. The molecule has 0 aromatic heterocycles. The molecule has 1 aliphatic heterocycles. The Balaban J connectivity index is 0.00000176. The molecule has 0 spiro atoms. The van der Waals surface area contributed by atoms with Crippen molar-refractivity contribution in [3.05, 3.63) is 28.8 Å². The SMILES string of the molecule is O=C1Nc2ccc(Cl)cc2[C@@](C#CC2CC2)(C(F)(F)F)O1.[CaH2]. The number of rotatable bonds is 0. The van der Waals surface area contributed by atoms with E-state index in [9.17, 15) is 18.0 Å². The second-order valence-electron chi connectivity index (χ2n) is 4.93. The van der Waals surface area contributed by atoms with E-state index in [0.717, 1.165) is 18.9 Å². The number of carbonyl (C=O) groups is 1. The van der Waals surface area contributed by atoms with E-state index in [1.807, 2.05) is 0 Å². The van der Waals surface area contributed by atoms with Crippen LogP contribution >= 0.6 is 11.6 Å². The molecule has 3 rings (SSSR count). The number of cyclic esters (lactones) is 1. The fraction of sp³-hybridized carbons (Fsp3) is 0.357. The summed E-state index contributed by atoms with van der Waals surface area (Å²) in [5.41, 5.74) is -3.27. The zero-order valence-electron chi connectivity index (χ0n) is 10.6. The Morgan fingerprint density at radius 2 is 2.05 bits per heavy atom. The summed E-state index contributed by atoms with van der Waals surface area (Å²) in [6.07, 6.45) is -4.54. The molecule has 1 aliphatic carbocycles. The molecule has 1 heterocycles. The molecule has 114 valence electrons. The first-order chi connectivity index (χ1) is 9.82. The van der Waals surface area contributed by atoms with Crippen LogP contribution in [0.5, 0.6) is 0 Å². The van der Waals surface area contributed by atoms with Crippen LogP contribution in [-0.4, -0.2) is 50.0 Å². The van der Waals surface area contributed by atoms with Crippen LogP contribution in [0.3, 0.4) is 0 Å². The molecule has 0 bridgehead atoms. The number of hydrogen-bond donors (Lipinski definition) is 1. The van der Waals surface area contributed by atoms with Crippen LogP contribution in [0.1, 0.15) is 18.4 Å². The van der Waals surface area contributed by atoms with Gasteiger partial charge < -0.3 is 4.74 Å². The number of halogens is 4. The number of nitrogens with one attached hydrogen (secondary N) is 1. The molecule has 1 atom stereocenters. The van der Waals surface area contributed by atoms with E-state index in [-0.39, 0.29) is 59.9 Å². The van der Waals surface area contributed by atoms with Gasteiger partial charge >= 0.3 is 50.0 Å². The Kier molecular flexibility index (Phi) is 4.94. The van der Waals surface area contributed by atoms with Crippen molar-refractivity contribution in [1.29, 1.82) is 0 Å². The number of carbonyl (C=O) groups excluding carboxylic acids is 1. The Morgan fingerprint density at radius 1 is 1.36 bits per heavy atom. The maximum atomic E-state index is 13.6. The van der Waals surface area contributed by atoms with Crippen molar-refractivity contribution >= 4 is 61.1 Å². The molecule has 0 radical (unpaired) electrons. The van der Waals surface area contributed by atoms with E-state index in [4.69, 9.17) is 11.6 Å². The van der Waals surface area contributed by atoms with Gasteiger partial charge in [-0.3, -0.25) is 5.32 Å². The molecule has 1 amide bonds. The summed E-state index contributed by atoms with van der Waals surface area (Å²) in [5.74, 6) is 4.60. The molecular formula is C14H11CaClF3NO2. The van der Waals surface area contributed by atoms with Gasteiger partial charge in [0.15, 0.2) is 0 Å². The van der Waals surface area contributed by atoms with Crippen molar-refractivity contribution in [3.8, 4) is 11.8 Å². The fourth-order valence-electron chi connectivity index (χ4n) is 2.05. The maximum absolute atomic E-state index is 13.6. The standard InChI is InChI=1S/C14H9ClF3NO2.Ca.2H/c15-9-3-4-11-10(7-9)13(14(16,17)18,21-12(20)19-11)6-5-8-1-2-8;;;/h3-4,7-8H,1-2H2,(H,19,20);;;/t13-;;;/m0.../s1. The quantitative estimate of drug-likeness (QED) is 0.572. The third-order valence-electron chi connectivity index (χ3n) is 3.27. The van der Waals surface area contributed by atoms with E-state index < -0.39 is 17.9 Å². The van der Waals surface area contributed by atoms with Crippen molar-refractivity contribution in [1.82, 2.24) is 0 Å². The van der Waals surface area contributed by atoms with Gasteiger partial charge in [-0.15, -0.1) is 0 Å². The first-order valence-electron chi connectivity index (χ1n) is 6.21. The summed E-state index contributed by atoms with van der Waals surface area (Å²) >= 11 is 5.78. The summed E-state index contributed by atoms with van der Waals surface area (Å²) in [5, 5.41) is 2.34. The summed E-state index contributed by atoms with van der Waals surface area (Å²) < 4.78 is 45.4.